The van der Waals surface area contributed by atoms with Crippen molar-refractivity contribution in [1.29, 1.82) is 0 Å². The highest BCUT2D eigenvalue weighted by atomic mass is 15.0. The monoisotopic (exact) mass is 618 g/mol. The lowest BCUT2D eigenvalue weighted by atomic mass is 9.82. The number of rotatable bonds is 4. The smallest absolute Gasteiger partial charge is 0.164 e. The molecular formula is C44H34N4. The van der Waals surface area contributed by atoms with Crippen molar-refractivity contribution >= 4 is 28.6 Å². The Bertz CT molecular complexity index is 2410. The fourth-order valence-electron chi connectivity index (χ4n) is 7.48. The van der Waals surface area contributed by atoms with Crippen LogP contribution in [0.1, 0.15) is 54.9 Å². The SMILES string of the molecule is CC1(C)c2ccccc2-c2cc3c4c(n(-c5cccc(-c6nc(C7=CC=CC=CC7)nc(-c7ccccc7)n6)c5)c3cc21)C=CCC=C4. The summed E-state index contributed by atoms with van der Waals surface area (Å²) in [6.07, 6.45) is 21.2. The zero-order valence-corrected chi connectivity index (χ0v) is 27.1. The first-order chi connectivity index (χ1) is 23.6. The van der Waals surface area contributed by atoms with Crippen LogP contribution in [0.4, 0.5) is 0 Å². The molecule has 6 aromatic rings. The molecule has 2 aromatic heterocycles. The number of nitrogens with zero attached hydrogens (tertiary/aromatic N) is 4. The second kappa shape index (κ2) is 11.1. The summed E-state index contributed by atoms with van der Waals surface area (Å²) in [4.78, 5) is 15.1. The summed E-state index contributed by atoms with van der Waals surface area (Å²) in [5, 5.41) is 1.26. The topological polar surface area (TPSA) is 43.6 Å². The van der Waals surface area contributed by atoms with E-state index < -0.39 is 0 Å². The van der Waals surface area contributed by atoms with Gasteiger partial charge < -0.3 is 4.57 Å². The van der Waals surface area contributed by atoms with Gasteiger partial charge in [0.15, 0.2) is 17.5 Å². The van der Waals surface area contributed by atoms with E-state index in [0.717, 1.165) is 35.2 Å². The second-order valence-corrected chi connectivity index (χ2v) is 13.2. The average Bonchev–Trinajstić information content (AvgIpc) is 3.33. The van der Waals surface area contributed by atoms with Crippen LogP contribution in [0, 0.1) is 0 Å². The Balaban J connectivity index is 1.25. The van der Waals surface area contributed by atoms with Gasteiger partial charge in [0, 0.05) is 38.8 Å². The van der Waals surface area contributed by atoms with Crippen LogP contribution in [-0.4, -0.2) is 19.5 Å². The van der Waals surface area contributed by atoms with Gasteiger partial charge in [-0.25, -0.2) is 15.0 Å². The molecule has 0 unspecified atom stereocenters. The highest BCUT2D eigenvalue weighted by molar-refractivity contribution is 6.01. The van der Waals surface area contributed by atoms with Crippen LogP contribution in [0.2, 0.25) is 0 Å². The van der Waals surface area contributed by atoms with Crippen molar-refractivity contribution in [3.05, 3.63) is 162 Å². The molecule has 0 saturated heterocycles. The van der Waals surface area contributed by atoms with E-state index in [-0.39, 0.29) is 5.41 Å². The second-order valence-electron chi connectivity index (χ2n) is 13.2. The molecule has 3 aliphatic rings. The van der Waals surface area contributed by atoms with Gasteiger partial charge in [-0.1, -0.05) is 129 Å². The van der Waals surface area contributed by atoms with Crippen molar-refractivity contribution in [2.75, 3.05) is 0 Å². The quantitative estimate of drug-likeness (QED) is 0.197. The summed E-state index contributed by atoms with van der Waals surface area (Å²) in [6, 6.07) is 32.6. The Morgan fingerprint density at radius 1 is 0.625 bits per heavy atom. The Morgan fingerprint density at radius 3 is 2.29 bits per heavy atom. The van der Waals surface area contributed by atoms with Gasteiger partial charge in [-0.15, -0.1) is 0 Å². The lowest BCUT2D eigenvalue weighted by molar-refractivity contribution is 0.661. The van der Waals surface area contributed by atoms with Gasteiger partial charge in [0.25, 0.3) is 0 Å². The molecular weight excluding hydrogens is 585 g/mol. The van der Waals surface area contributed by atoms with Crippen LogP contribution in [0.25, 0.3) is 68.2 Å². The van der Waals surface area contributed by atoms with Gasteiger partial charge in [-0.05, 0) is 65.4 Å². The number of aromatic nitrogens is 4. The lowest BCUT2D eigenvalue weighted by Crippen LogP contribution is -2.15. The minimum absolute atomic E-state index is 0.0910. The summed E-state index contributed by atoms with van der Waals surface area (Å²) >= 11 is 0. The molecule has 0 aliphatic heterocycles. The Hall–Kier alpha value is -5.87. The first-order valence-electron chi connectivity index (χ1n) is 16.7. The minimum Gasteiger partial charge on any atom is -0.309 e. The zero-order chi connectivity index (χ0) is 32.2. The molecule has 4 aromatic carbocycles. The van der Waals surface area contributed by atoms with Crippen molar-refractivity contribution in [3.63, 3.8) is 0 Å². The molecule has 0 amide bonds. The Morgan fingerprint density at radius 2 is 1.40 bits per heavy atom. The van der Waals surface area contributed by atoms with E-state index in [1.54, 1.807) is 0 Å². The maximum atomic E-state index is 5.08. The van der Waals surface area contributed by atoms with Gasteiger partial charge in [-0.2, -0.15) is 0 Å². The van der Waals surface area contributed by atoms with Gasteiger partial charge in [-0.3, -0.25) is 0 Å². The lowest BCUT2D eigenvalue weighted by Gasteiger charge is -2.21. The summed E-state index contributed by atoms with van der Waals surface area (Å²) in [5.41, 5.74) is 13.0. The zero-order valence-electron chi connectivity index (χ0n) is 27.1. The molecule has 230 valence electrons. The molecule has 0 fully saturated rings. The Kier molecular flexibility index (Phi) is 6.58. The van der Waals surface area contributed by atoms with E-state index in [2.05, 4.69) is 134 Å². The van der Waals surface area contributed by atoms with Crippen LogP contribution in [0.3, 0.4) is 0 Å². The van der Waals surface area contributed by atoms with Crippen molar-refractivity contribution in [2.45, 2.75) is 32.1 Å². The summed E-state index contributed by atoms with van der Waals surface area (Å²) in [7, 11) is 0. The number of benzene rings is 4. The van der Waals surface area contributed by atoms with Gasteiger partial charge >= 0.3 is 0 Å². The molecule has 48 heavy (non-hydrogen) atoms. The summed E-state index contributed by atoms with van der Waals surface area (Å²) < 4.78 is 2.42. The molecule has 0 atom stereocenters. The van der Waals surface area contributed by atoms with Crippen LogP contribution < -0.4 is 0 Å². The van der Waals surface area contributed by atoms with Crippen molar-refractivity contribution < 1.29 is 0 Å². The third kappa shape index (κ3) is 4.56. The first kappa shape index (κ1) is 28.4. The number of hydrogen-bond acceptors (Lipinski definition) is 3. The predicted molar refractivity (Wildman–Crippen MR) is 199 cm³/mol. The normalized spacial score (nSPS) is 15.5. The number of hydrogen-bond donors (Lipinski definition) is 0. The van der Waals surface area contributed by atoms with Crippen LogP contribution in [-0.2, 0) is 5.41 Å². The van der Waals surface area contributed by atoms with E-state index in [1.807, 2.05) is 30.4 Å². The summed E-state index contributed by atoms with van der Waals surface area (Å²) in [6.45, 7) is 4.69. The highest BCUT2D eigenvalue weighted by Gasteiger charge is 2.36. The minimum atomic E-state index is -0.0910. The van der Waals surface area contributed by atoms with Crippen LogP contribution in [0.5, 0.6) is 0 Å². The van der Waals surface area contributed by atoms with Gasteiger partial charge in [0.05, 0.1) is 11.2 Å². The largest absolute Gasteiger partial charge is 0.309 e. The van der Waals surface area contributed by atoms with Gasteiger partial charge in [0.2, 0.25) is 0 Å². The maximum Gasteiger partial charge on any atom is 0.164 e. The molecule has 0 bridgehead atoms. The maximum absolute atomic E-state index is 5.08. The fourth-order valence-corrected chi connectivity index (χ4v) is 7.48. The molecule has 9 rings (SSSR count). The van der Waals surface area contributed by atoms with Gasteiger partial charge in [0.1, 0.15) is 0 Å². The third-order valence-electron chi connectivity index (χ3n) is 9.89. The summed E-state index contributed by atoms with van der Waals surface area (Å²) in [5.74, 6) is 2.03. The van der Waals surface area contributed by atoms with Crippen molar-refractivity contribution in [3.8, 4) is 39.6 Å². The van der Waals surface area contributed by atoms with Crippen LogP contribution >= 0.6 is 0 Å². The molecule has 4 heteroatoms. The molecule has 0 radical (unpaired) electrons. The van der Waals surface area contributed by atoms with Crippen molar-refractivity contribution in [2.24, 2.45) is 0 Å². The molecule has 0 spiro atoms. The first-order valence-corrected chi connectivity index (χ1v) is 16.7. The van der Waals surface area contributed by atoms with E-state index >= 15 is 0 Å². The standard InChI is InChI=1S/C44H34N4/c1-44(2)37-24-14-13-22-33(37)35-27-36-34-23-11-6-12-25-39(34)48(40(36)28-38(35)44)32-21-15-20-31(26-32)43-46-41(29-16-7-3-4-8-17-29)45-42(47-43)30-18-9-5-10-19-30/h3-5,7-16,18-28H,6,17H2,1-2H3. The fraction of sp³-hybridized carbons (Fsp3) is 0.114. The number of allylic oxidation sites excluding steroid dienone is 8. The highest BCUT2D eigenvalue weighted by Crippen LogP contribution is 2.51. The molecule has 3 aliphatic carbocycles. The molecule has 0 N–H and O–H groups in total. The van der Waals surface area contributed by atoms with E-state index in [0.29, 0.717) is 17.5 Å². The molecule has 2 heterocycles. The van der Waals surface area contributed by atoms with E-state index in [4.69, 9.17) is 15.0 Å². The molecule has 4 nitrogen and oxygen atoms in total. The third-order valence-corrected chi connectivity index (χ3v) is 9.89. The average molecular weight is 619 g/mol. The Labute approximate surface area is 280 Å². The van der Waals surface area contributed by atoms with Crippen LogP contribution in [0.15, 0.2) is 134 Å². The van der Waals surface area contributed by atoms with E-state index in [1.165, 1.54) is 44.4 Å². The number of fused-ring (bicyclic) bond motifs is 6. The molecule has 0 saturated carbocycles. The predicted octanol–water partition coefficient (Wildman–Crippen LogP) is 10.8. The van der Waals surface area contributed by atoms with E-state index in [9.17, 15) is 0 Å². The van der Waals surface area contributed by atoms with Crippen molar-refractivity contribution in [1.82, 2.24) is 19.5 Å².